The fourth-order valence-electron chi connectivity index (χ4n) is 7.88. The second-order valence-corrected chi connectivity index (χ2v) is 18.2. The van der Waals surface area contributed by atoms with Gasteiger partial charge in [-0.3, -0.25) is 24.0 Å². The average molecular weight is 827 g/mol. The van der Waals surface area contributed by atoms with Gasteiger partial charge in [-0.25, -0.2) is 31.4 Å². The summed E-state index contributed by atoms with van der Waals surface area (Å²) in [6.45, 7) is -0.0797. The van der Waals surface area contributed by atoms with Crippen molar-refractivity contribution < 1.29 is 45.5 Å². The monoisotopic (exact) mass is 826 g/mol. The zero-order chi connectivity index (χ0) is 40.1. The molecule has 8 rings (SSSR count). The normalized spacial score (nSPS) is 26.9. The number of ether oxygens (including phenoxy) is 1. The van der Waals surface area contributed by atoms with Crippen molar-refractivity contribution in [2.45, 2.75) is 99.9 Å². The first-order valence-electron chi connectivity index (χ1n) is 19.1. The van der Waals surface area contributed by atoms with Crippen LogP contribution in [0.2, 0.25) is 0 Å². The van der Waals surface area contributed by atoms with Crippen LogP contribution in [-0.4, -0.2) is 82.5 Å². The van der Waals surface area contributed by atoms with Crippen LogP contribution in [0.25, 0.3) is 11.3 Å². The van der Waals surface area contributed by atoms with Crippen molar-refractivity contribution in [2.24, 2.45) is 5.92 Å². The number of thiazole rings is 1. The summed E-state index contributed by atoms with van der Waals surface area (Å²) in [5, 5.41) is 7.16. The molecule has 0 bridgehead atoms. The van der Waals surface area contributed by atoms with Gasteiger partial charge in [0.25, 0.3) is 5.91 Å². The second kappa shape index (κ2) is 15.4. The smallest absolute Gasteiger partial charge is 0.410 e. The number of hydrogen-bond acceptors (Lipinski definition) is 10. The number of allylic oxidation sites excluding steroid dienone is 1. The standard InChI is InChI=1S/C39H41F3N6O7S2/c40-24-11-14-27(30(42)15-24)32-21-56-37(44-32)43-31-10-5-3-1-2-4-8-23-17-39(23,36(51)46-57(53,54)26-12-13-26)45-34(49)33-16-25(19-48(33)35(31)50)55-38(52)47-18-22-7-6-9-29(41)28(22)20-47/h4,6-9,11,14-15,21,23,25-26,31,33H,1-3,5,10,12-13,16-20H2,(H,43,44)(H,45,49)(H,46,51)/b8-4-/t23-,25+,31-,33-,39-/m0/s1. The van der Waals surface area contributed by atoms with Crippen molar-refractivity contribution in [1.29, 1.82) is 0 Å². The maximum atomic E-state index is 14.6. The van der Waals surface area contributed by atoms with Crippen LogP contribution in [0, 0.1) is 23.4 Å². The van der Waals surface area contributed by atoms with Crippen molar-refractivity contribution in [3.05, 3.63) is 82.5 Å². The van der Waals surface area contributed by atoms with Crippen molar-refractivity contribution >= 4 is 50.3 Å². The van der Waals surface area contributed by atoms with Gasteiger partial charge in [0.05, 0.1) is 24.0 Å². The number of hydrogen-bond donors (Lipinski definition) is 3. The number of amides is 4. The molecule has 2 saturated carbocycles. The van der Waals surface area contributed by atoms with Crippen LogP contribution in [-0.2, 0) is 42.2 Å². The van der Waals surface area contributed by atoms with Crippen molar-refractivity contribution in [2.75, 3.05) is 11.9 Å². The van der Waals surface area contributed by atoms with Gasteiger partial charge in [0.1, 0.15) is 41.2 Å². The number of halogens is 3. The van der Waals surface area contributed by atoms with E-state index in [0.29, 0.717) is 43.2 Å². The number of nitrogens with one attached hydrogen (secondary N) is 3. The third kappa shape index (κ3) is 8.10. The highest BCUT2D eigenvalue weighted by atomic mass is 32.2. The van der Waals surface area contributed by atoms with Crippen LogP contribution in [0.5, 0.6) is 0 Å². The number of anilines is 1. The Morgan fingerprint density at radius 3 is 2.61 bits per heavy atom. The summed E-state index contributed by atoms with van der Waals surface area (Å²) in [5.41, 5.74) is -0.243. The molecule has 18 heteroatoms. The highest BCUT2D eigenvalue weighted by Gasteiger charge is 2.62. The number of carbonyl (C=O) groups is 4. The van der Waals surface area contributed by atoms with E-state index < -0.39 is 86.2 Å². The molecule has 3 aromatic rings. The molecule has 3 fully saturated rings. The first-order chi connectivity index (χ1) is 27.3. The molecule has 57 heavy (non-hydrogen) atoms. The molecule has 2 aliphatic carbocycles. The van der Waals surface area contributed by atoms with E-state index in [-0.39, 0.29) is 48.9 Å². The fraction of sp³-hybridized carbons (Fsp3) is 0.462. The maximum absolute atomic E-state index is 14.6. The van der Waals surface area contributed by atoms with Crippen molar-refractivity contribution in [3.63, 3.8) is 0 Å². The van der Waals surface area contributed by atoms with Crippen molar-refractivity contribution in [3.8, 4) is 11.3 Å². The van der Waals surface area contributed by atoms with Gasteiger partial charge >= 0.3 is 6.09 Å². The lowest BCUT2D eigenvalue weighted by Crippen LogP contribution is -2.57. The van der Waals surface area contributed by atoms with Gasteiger partial charge in [-0.15, -0.1) is 11.3 Å². The predicted molar refractivity (Wildman–Crippen MR) is 202 cm³/mol. The van der Waals surface area contributed by atoms with Crippen LogP contribution in [0.4, 0.5) is 23.1 Å². The molecule has 4 heterocycles. The Bertz CT molecular complexity index is 2250. The van der Waals surface area contributed by atoms with Gasteiger partial charge in [-0.2, -0.15) is 0 Å². The number of benzene rings is 2. The molecule has 5 aliphatic rings. The van der Waals surface area contributed by atoms with Crippen LogP contribution >= 0.6 is 11.3 Å². The second-order valence-electron chi connectivity index (χ2n) is 15.4. The number of rotatable bonds is 7. The lowest BCUT2D eigenvalue weighted by molar-refractivity contribution is -0.140. The minimum Gasteiger partial charge on any atom is -0.444 e. The molecule has 0 spiro atoms. The third-order valence-electron chi connectivity index (χ3n) is 11.3. The van der Waals surface area contributed by atoms with Gasteiger partial charge in [0, 0.05) is 41.5 Å². The van der Waals surface area contributed by atoms with Gasteiger partial charge in [0.2, 0.25) is 21.8 Å². The molecule has 3 aliphatic heterocycles. The van der Waals surface area contributed by atoms with E-state index in [9.17, 15) is 40.8 Å². The lowest BCUT2D eigenvalue weighted by atomic mass is 10.1. The van der Waals surface area contributed by atoms with E-state index in [1.54, 1.807) is 17.5 Å². The van der Waals surface area contributed by atoms with E-state index in [1.807, 2.05) is 12.2 Å². The summed E-state index contributed by atoms with van der Waals surface area (Å²) in [4.78, 5) is 63.2. The topological polar surface area (TPSA) is 167 Å². The molecule has 0 radical (unpaired) electrons. The molecule has 0 unspecified atom stereocenters. The van der Waals surface area contributed by atoms with Crippen molar-refractivity contribution in [1.82, 2.24) is 24.8 Å². The van der Waals surface area contributed by atoms with Crippen LogP contribution < -0.4 is 15.4 Å². The fourth-order valence-corrected chi connectivity index (χ4v) is 10.0. The first-order valence-corrected chi connectivity index (χ1v) is 21.5. The van der Waals surface area contributed by atoms with E-state index in [0.717, 1.165) is 36.3 Å². The number of nitrogens with zero attached hydrogens (tertiary/aromatic N) is 3. The minimum absolute atomic E-state index is 0.0138. The molecule has 13 nitrogen and oxygen atoms in total. The molecule has 4 amide bonds. The van der Waals surface area contributed by atoms with Gasteiger partial charge in [0.15, 0.2) is 5.13 Å². The maximum Gasteiger partial charge on any atom is 0.410 e. The molecule has 1 saturated heterocycles. The summed E-state index contributed by atoms with van der Waals surface area (Å²) >= 11 is 1.12. The van der Waals surface area contributed by atoms with Crippen LogP contribution in [0.15, 0.2) is 53.9 Å². The molecule has 1 aromatic heterocycles. The molecular weight excluding hydrogens is 786 g/mol. The number of aromatic nitrogens is 1. The van der Waals surface area contributed by atoms with E-state index in [4.69, 9.17) is 4.74 Å². The Kier molecular flexibility index (Phi) is 10.5. The molecular formula is C39H41F3N6O7S2. The first kappa shape index (κ1) is 38.9. The Balaban J connectivity index is 1.06. The zero-order valence-electron chi connectivity index (χ0n) is 30.7. The summed E-state index contributed by atoms with van der Waals surface area (Å²) < 4.78 is 76.4. The average Bonchev–Trinajstić information content (AvgIpc) is 3.97. The molecule has 302 valence electrons. The van der Waals surface area contributed by atoms with E-state index >= 15 is 0 Å². The highest BCUT2D eigenvalue weighted by molar-refractivity contribution is 7.91. The van der Waals surface area contributed by atoms with E-state index in [2.05, 4.69) is 20.3 Å². The molecule has 2 aromatic carbocycles. The van der Waals surface area contributed by atoms with Crippen LogP contribution in [0.3, 0.4) is 0 Å². The number of carbonyl (C=O) groups excluding carboxylic acids is 4. The highest BCUT2D eigenvalue weighted by Crippen LogP contribution is 2.46. The Morgan fingerprint density at radius 2 is 1.84 bits per heavy atom. The minimum atomic E-state index is -3.94. The Hall–Kier alpha value is -4.97. The van der Waals surface area contributed by atoms with Crippen LogP contribution in [0.1, 0.15) is 68.9 Å². The Morgan fingerprint density at radius 1 is 1.02 bits per heavy atom. The predicted octanol–water partition coefficient (Wildman–Crippen LogP) is 5.13. The molecule has 5 atom stereocenters. The number of sulfonamides is 1. The summed E-state index contributed by atoms with van der Waals surface area (Å²) in [6.07, 6.45) is 5.97. The van der Waals surface area contributed by atoms with Gasteiger partial charge < -0.3 is 20.3 Å². The van der Waals surface area contributed by atoms with Gasteiger partial charge in [-0.1, -0.05) is 37.1 Å². The quantitative estimate of drug-likeness (QED) is 0.274. The zero-order valence-corrected chi connectivity index (χ0v) is 32.4. The van der Waals surface area contributed by atoms with Gasteiger partial charge in [-0.05, 0) is 62.3 Å². The Labute approximate surface area is 331 Å². The third-order valence-corrected chi connectivity index (χ3v) is 13.9. The molecule has 3 N–H and O–H groups in total. The summed E-state index contributed by atoms with van der Waals surface area (Å²) in [6, 6.07) is 5.58. The largest absolute Gasteiger partial charge is 0.444 e. The number of fused-ring (bicyclic) bond motifs is 3. The van der Waals surface area contributed by atoms with E-state index in [1.165, 1.54) is 21.9 Å². The summed E-state index contributed by atoms with van der Waals surface area (Å²) in [5.74, 6) is -4.54. The summed E-state index contributed by atoms with van der Waals surface area (Å²) in [7, 11) is -3.94. The lowest BCUT2D eigenvalue weighted by Gasteiger charge is -2.29. The SMILES string of the molecule is O=C1N[C@@]2(C(=O)NS(=O)(=O)C3CC3)C[C@@H]2/C=C\CCCCC[C@H](Nc2nc(-c3ccc(F)cc3F)cs2)C(=O)N2C[C@H](OC(=O)N3Cc4cccc(F)c4C3)C[C@@H]12.